The van der Waals surface area contributed by atoms with Crippen molar-refractivity contribution >= 4 is 5.97 Å². The molecule has 0 bridgehead atoms. The zero-order valence-electron chi connectivity index (χ0n) is 11.2. The van der Waals surface area contributed by atoms with Crippen LogP contribution in [-0.2, 0) is 12.8 Å². The molecule has 2 aromatic rings. The van der Waals surface area contributed by atoms with E-state index in [9.17, 15) is 9.90 Å². The molecule has 0 aliphatic rings. The van der Waals surface area contributed by atoms with Gasteiger partial charge in [0.15, 0.2) is 0 Å². The molecule has 1 heterocycles. The number of carboxylic acid groups (broad SMARTS) is 1. The quantitative estimate of drug-likeness (QED) is 0.912. The van der Waals surface area contributed by atoms with E-state index in [1.807, 2.05) is 37.4 Å². The van der Waals surface area contributed by atoms with E-state index < -0.39 is 5.97 Å². The Kier molecular flexibility index (Phi) is 3.95. The first kappa shape index (κ1) is 13.3. The van der Waals surface area contributed by atoms with Crippen molar-refractivity contribution in [1.29, 1.82) is 0 Å². The summed E-state index contributed by atoms with van der Waals surface area (Å²) in [6, 6.07) is 9.51. The van der Waals surface area contributed by atoms with Crippen molar-refractivity contribution in [2.45, 2.75) is 26.7 Å². The lowest BCUT2D eigenvalue weighted by molar-refractivity contribution is 0.0695. The second-order valence-corrected chi connectivity index (χ2v) is 4.65. The van der Waals surface area contributed by atoms with Crippen molar-refractivity contribution in [3.63, 3.8) is 0 Å². The number of hydrogen-bond donors (Lipinski definition) is 1. The Morgan fingerprint density at radius 1 is 1.26 bits per heavy atom. The Labute approximate surface area is 112 Å². The molecule has 0 unspecified atom stereocenters. The number of aromatic carboxylic acids is 1. The highest BCUT2D eigenvalue weighted by Crippen LogP contribution is 2.16. The zero-order valence-corrected chi connectivity index (χ0v) is 11.2. The van der Waals surface area contributed by atoms with Gasteiger partial charge in [0.05, 0.1) is 5.56 Å². The maximum Gasteiger partial charge on any atom is 0.335 e. The van der Waals surface area contributed by atoms with Crippen LogP contribution in [0.2, 0.25) is 0 Å². The minimum Gasteiger partial charge on any atom is -0.478 e. The van der Waals surface area contributed by atoms with Crippen molar-refractivity contribution in [3.8, 4) is 0 Å². The Balaban J connectivity index is 2.29. The lowest BCUT2D eigenvalue weighted by atomic mass is 10.00. The van der Waals surface area contributed by atoms with Crippen LogP contribution in [0.4, 0.5) is 0 Å². The number of aryl methyl sites for hydroxylation is 2. The van der Waals surface area contributed by atoms with Crippen LogP contribution in [0.25, 0.3) is 0 Å². The van der Waals surface area contributed by atoms with Gasteiger partial charge in [0, 0.05) is 18.3 Å². The first-order valence-corrected chi connectivity index (χ1v) is 6.36. The van der Waals surface area contributed by atoms with Crippen LogP contribution in [0.15, 0.2) is 36.5 Å². The van der Waals surface area contributed by atoms with E-state index in [0.717, 1.165) is 23.2 Å². The Morgan fingerprint density at radius 3 is 2.63 bits per heavy atom. The van der Waals surface area contributed by atoms with Crippen LogP contribution < -0.4 is 0 Å². The SMILES string of the molecule is CCc1ccc(Cc2ccc(C)cc2C(=O)O)nc1. The number of pyridine rings is 1. The number of aromatic nitrogens is 1. The fourth-order valence-electron chi connectivity index (χ4n) is 2.01. The maximum atomic E-state index is 11.2. The predicted octanol–water partition coefficient (Wildman–Crippen LogP) is 3.24. The Hall–Kier alpha value is -2.16. The van der Waals surface area contributed by atoms with Crippen LogP contribution in [0.1, 0.15) is 39.7 Å². The first-order valence-electron chi connectivity index (χ1n) is 6.36. The minimum atomic E-state index is -0.885. The van der Waals surface area contributed by atoms with E-state index in [-0.39, 0.29) is 0 Å². The summed E-state index contributed by atoms with van der Waals surface area (Å²) < 4.78 is 0. The number of hydrogen-bond acceptors (Lipinski definition) is 2. The minimum absolute atomic E-state index is 0.362. The summed E-state index contributed by atoms with van der Waals surface area (Å²) in [5.41, 5.74) is 4.20. The zero-order chi connectivity index (χ0) is 13.8. The molecule has 1 aromatic carbocycles. The van der Waals surface area contributed by atoms with E-state index >= 15 is 0 Å². The van der Waals surface area contributed by atoms with Gasteiger partial charge in [-0.1, -0.05) is 30.7 Å². The smallest absolute Gasteiger partial charge is 0.335 e. The third kappa shape index (κ3) is 3.19. The van der Waals surface area contributed by atoms with E-state index in [1.165, 1.54) is 5.56 Å². The highest BCUT2D eigenvalue weighted by atomic mass is 16.4. The summed E-state index contributed by atoms with van der Waals surface area (Å²) in [6.07, 6.45) is 3.36. The largest absolute Gasteiger partial charge is 0.478 e. The van der Waals surface area contributed by atoms with Gasteiger partial charge < -0.3 is 5.11 Å². The van der Waals surface area contributed by atoms with Crippen LogP contribution in [-0.4, -0.2) is 16.1 Å². The number of nitrogens with zero attached hydrogens (tertiary/aromatic N) is 1. The van der Waals surface area contributed by atoms with Crippen LogP contribution >= 0.6 is 0 Å². The number of carbonyl (C=O) groups is 1. The van der Waals surface area contributed by atoms with Gasteiger partial charge in [-0.3, -0.25) is 4.98 Å². The summed E-state index contributed by atoms with van der Waals surface area (Å²) >= 11 is 0. The average Bonchev–Trinajstić information content (AvgIpc) is 2.41. The van der Waals surface area contributed by atoms with E-state index in [4.69, 9.17) is 0 Å². The van der Waals surface area contributed by atoms with Gasteiger partial charge in [0.25, 0.3) is 0 Å². The third-order valence-electron chi connectivity index (χ3n) is 3.16. The summed E-state index contributed by atoms with van der Waals surface area (Å²) in [7, 11) is 0. The molecule has 0 saturated carbocycles. The average molecular weight is 255 g/mol. The molecule has 0 spiro atoms. The topological polar surface area (TPSA) is 50.2 Å². The molecule has 3 nitrogen and oxygen atoms in total. The molecule has 1 aromatic heterocycles. The van der Waals surface area contributed by atoms with E-state index in [0.29, 0.717) is 12.0 Å². The summed E-state index contributed by atoms with van der Waals surface area (Å²) in [5, 5.41) is 9.23. The molecule has 2 rings (SSSR count). The molecule has 19 heavy (non-hydrogen) atoms. The fraction of sp³-hybridized carbons (Fsp3) is 0.250. The van der Waals surface area contributed by atoms with Crippen LogP contribution in [0, 0.1) is 6.92 Å². The maximum absolute atomic E-state index is 11.2. The van der Waals surface area contributed by atoms with E-state index in [2.05, 4.69) is 11.9 Å². The molecule has 98 valence electrons. The molecule has 0 radical (unpaired) electrons. The second kappa shape index (κ2) is 5.65. The third-order valence-corrected chi connectivity index (χ3v) is 3.16. The highest BCUT2D eigenvalue weighted by molar-refractivity contribution is 5.89. The van der Waals surface area contributed by atoms with Gasteiger partial charge in [-0.05, 0) is 36.6 Å². The molecule has 0 aliphatic carbocycles. The van der Waals surface area contributed by atoms with Gasteiger partial charge in [-0.15, -0.1) is 0 Å². The predicted molar refractivity (Wildman–Crippen MR) is 74.6 cm³/mol. The van der Waals surface area contributed by atoms with Gasteiger partial charge >= 0.3 is 5.97 Å². The van der Waals surface area contributed by atoms with Crippen LogP contribution in [0.3, 0.4) is 0 Å². The van der Waals surface area contributed by atoms with Crippen LogP contribution in [0.5, 0.6) is 0 Å². The molecular weight excluding hydrogens is 238 g/mol. The summed E-state index contributed by atoms with van der Waals surface area (Å²) in [4.78, 5) is 15.6. The molecule has 0 atom stereocenters. The first-order chi connectivity index (χ1) is 9.10. The molecule has 0 aliphatic heterocycles. The molecule has 0 fully saturated rings. The lowest BCUT2D eigenvalue weighted by Gasteiger charge is -2.07. The lowest BCUT2D eigenvalue weighted by Crippen LogP contribution is -2.04. The van der Waals surface area contributed by atoms with Crippen molar-refractivity contribution < 1.29 is 9.90 Å². The van der Waals surface area contributed by atoms with Gasteiger partial charge in [-0.25, -0.2) is 4.79 Å². The van der Waals surface area contributed by atoms with Gasteiger partial charge in [0.1, 0.15) is 0 Å². The Bertz CT molecular complexity index is 588. The molecule has 1 N–H and O–H groups in total. The molecule has 0 amide bonds. The number of benzene rings is 1. The van der Waals surface area contributed by atoms with Crippen molar-refractivity contribution in [3.05, 3.63) is 64.5 Å². The number of rotatable bonds is 4. The van der Waals surface area contributed by atoms with Crippen molar-refractivity contribution in [1.82, 2.24) is 4.98 Å². The van der Waals surface area contributed by atoms with Gasteiger partial charge in [-0.2, -0.15) is 0 Å². The summed E-state index contributed by atoms with van der Waals surface area (Å²) in [6.45, 7) is 3.98. The highest BCUT2D eigenvalue weighted by Gasteiger charge is 2.11. The second-order valence-electron chi connectivity index (χ2n) is 4.65. The number of carboxylic acids is 1. The molecule has 3 heteroatoms. The fourth-order valence-corrected chi connectivity index (χ4v) is 2.01. The van der Waals surface area contributed by atoms with Crippen molar-refractivity contribution in [2.75, 3.05) is 0 Å². The Morgan fingerprint density at radius 2 is 2.05 bits per heavy atom. The normalized spacial score (nSPS) is 10.4. The standard InChI is InChI=1S/C16H17NO2/c1-3-12-5-7-14(17-10-12)9-13-6-4-11(2)8-15(13)16(18)19/h4-8,10H,3,9H2,1-2H3,(H,18,19). The molecular formula is C16H17NO2. The summed E-state index contributed by atoms with van der Waals surface area (Å²) in [5.74, 6) is -0.885. The molecule has 0 saturated heterocycles. The van der Waals surface area contributed by atoms with Gasteiger partial charge in [0.2, 0.25) is 0 Å². The van der Waals surface area contributed by atoms with E-state index in [1.54, 1.807) is 6.07 Å². The monoisotopic (exact) mass is 255 g/mol. The van der Waals surface area contributed by atoms with Crippen molar-refractivity contribution in [2.24, 2.45) is 0 Å².